The van der Waals surface area contributed by atoms with E-state index in [2.05, 4.69) is 0 Å². The zero-order valence-corrected chi connectivity index (χ0v) is 8.29. The van der Waals surface area contributed by atoms with Crippen molar-refractivity contribution in [2.75, 3.05) is 6.61 Å². The molecule has 0 aromatic carbocycles. The molecule has 0 aliphatic carbocycles. The highest BCUT2D eigenvalue weighted by Crippen LogP contribution is 2.10. The molecule has 0 spiro atoms. The summed E-state index contributed by atoms with van der Waals surface area (Å²) in [6.45, 7) is -0.864. The summed E-state index contributed by atoms with van der Waals surface area (Å²) < 4.78 is 0. The lowest BCUT2D eigenvalue weighted by Crippen LogP contribution is -2.53. The fourth-order valence-corrected chi connectivity index (χ4v) is 1.02. The summed E-state index contributed by atoms with van der Waals surface area (Å²) in [7, 11) is 0. The topological polar surface area (TPSA) is 159 Å². The summed E-state index contributed by atoms with van der Waals surface area (Å²) in [5, 5.41) is 63.0. The van der Waals surface area contributed by atoms with E-state index in [1.54, 1.807) is 0 Å². The number of aliphatic hydroxyl groups excluding tert-OH is 7. The molecular formula is C8H16O8. The minimum absolute atomic E-state index is 0.0601. The predicted molar refractivity (Wildman–Crippen MR) is 49.2 cm³/mol. The van der Waals surface area contributed by atoms with Crippen LogP contribution in [0.25, 0.3) is 0 Å². The van der Waals surface area contributed by atoms with Crippen LogP contribution in [0, 0.1) is 0 Å². The summed E-state index contributed by atoms with van der Waals surface area (Å²) in [5.74, 6) is 0. The van der Waals surface area contributed by atoms with Gasteiger partial charge in [0, 0.05) is 0 Å². The van der Waals surface area contributed by atoms with Gasteiger partial charge in [-0.3, -0.25) is 0 Å². The summed E-state index contributed by atoms with van der Waals surface area (Å²) in [6.07, 6.45) is -11.7. The van der Waals surface area contributed by atoms with Crippen molar-refractivity contribution in [3.8, 4) is 0 Å². The summed E-state index contributed by atoms with van der Waals surface area (Å²) in [6, 6.07) is 0. The summed E-state index contributed by atoms with van der Waals surface area (Å²) >= 11 is 0. The molecular weight excluding hydrogens is 224 g/mol. The average Bonchev–Trinajstić information content (AvgIpc) is 2.32. The molecule has 8 heteroatoms. The second-order valence-corrected chi connectivity index (χ2v) is 3.34. The summed E-state index contributed by atoms with van der Waals surface area (Å²) in [4.78, 5) is 10.1. The molecule has 0 saturated heterocycles. The second-order valence-electron chi connectivity index (χ2n) is 3.34. The molecule has 0 aromatic heterocycles. The van der Waals surface area contributed by atoms with E-state index in [1.165, 1.54) is 0 Å². The van der Waals surface area contributed by atoms with Crippen molar-refractivity contribution < 1.29 is 40.5 Å². The van der Waals surface area contributed by atoms with Crippen LogP contribution in [0.3, 0.4) is 0 Å². The van der Waals surface area contributed by atoms with Crippen molar-refractivity contribution in [1.82, 2.24) is 0 Å². The van der Waals surface area contributed by atoms with Gasteiger partial charge in [-0.15, -0.1) is 0 Å². The fourth-order valence-electron chi connectivity index (χ4n) is 1.02. The molecule has 0 amide bonds. The van der Waals surface area contributed by atoms with Gasteiger partial charge in [0.2, 0.25) is 0 Å². The molecule has 0 rings (SSSR count). The van der Waals surface area contributed by atoms with Gasteiger partial charge in [0.15, 0.2) is 6.29 Å². The maximum Gasteiger partial charge on any atom is 0.151 e. The van der Waals surface area contributed by atoms with E-state index in [1.807, 2.05) is 0 Å². The lowest BCUT2D eigenvalue weighted by Gasteiger charge is -2.29. The smallest absolute Gasteiger partial charge is 0.151 e. The molecule has 0 fully saturated rings. The third-order valence-corrected chi connectivity index (χ3v) is 2.12. The van der Waals surface area contributed by atoms with E-state index in [-0.39, 0.29) is 6.29 Å². The zero-order valence-electron chi connectivity index (χ0n) is 8.29. The number of aliphatic hydroxyl groups is 7. The number of rotatable bonds is 7. The Hall–Kier alpha value is -0.610. The third kappa shape index (κ3) is 3.76. The molecule has 16 heavy (non-hydrogen) atoms. The lowest BCUT2D eigenvalue weighted by molar-refractivity contribution is -0.159. The quantitative estimate of drug-likeness (QED) is 0.219. The van der Waals surface area contributed by atoms with Crippen molar-refractivity contribution >= 4 is 6.29 Å². The second kappa shape index (κ2) is 6.86. The van der Waals surface area contributed by atoms with Crippen LogP contribution >= 0.6 is 0 Å². The van der Waals surface area contributed by atoms with Gasteiger partial charge >= 0.3 is 0 Å². The van der Waals surface area contributed by atoms with E-state index < -0.39 is 43.2 Å². The molecule has 0 aromatic rings. The largest absolute Gasteiger partial charge is 0.394 e. The molecule has 3 unspecified atom stereocenters. The first-order chi connectivity index (χ1) is 7.36. The third-order valence-electron chi connectivity index (χ3n) is 2.12. The molecule has 0 aliphatic heterocycles. The van der Waals surface area contributed by atoms with E-state index in [9.17, 15) is 15.0 Å². The standard InChI is InChI=1S/C8H16O8/c9-1-3(11)5(13)7(15)8(16)6(14)4(12)2-10/h1,3-8,10-16H,2H2/t3-,4?,5+,6?,7-,8?/m0/s1. The SMILES string of the molecule is O=C[C@H](O)[C@@H](O)[C@H](O)C(O)C(O)C(O)CO. The number of carbonyl (C=O) groups excluding carboxylic acids is 1. The maximum atomic E-state index is 10.1. The Morgan fingerprint density at radius 2 is 1.25 bits per heavy atom. The van der Waals surface area contributed by atoms with E-state index in [0.29, 0.717) is 0 Å². The Morgan fingerprint density at radius 1 is 0.812 bits per heavy atom. The van der Waals surface area contributed by atoms with Crippen LogP contribution in [-0.4, -0.2) is 85.3 Å². The Bertz CT molecular complexity index is 210. The van der Waals surface area contributed by atoms with Crippen molar-refractivity contribution in [3.05, 3.63) is 0 Å². The highest BCUT2D eigenvalue weighted by Gasteiger charge is 2.36. The number of hydrogen-bond donors (Lipinski definition) is 7. The van der Waals surface area contributed by atoms with Gasteiger partial charge in [-0.1, -0.05) is 0 Å². The van der Waals surface area contributed by atoms with Gasteiger partial charge in [0.1, 0.15) is 36.6 Å². The number of carbonyl (C=O) groups is 1. The number of hydrogen-bond acceptors (Lipinski definition) is 8. The van der Waals surface area contributed by atoms with Gasteiger partial charge in [-0.2, -0.15) is 0 Å². The molecule has 0 saturated carbocycles. The zero-order chi connectivity index (χ0) is 12.9. The minimum atomic E-state index is -2.05. The highest BCUT2D eigenvalue weighted by molar-refractivity contribution is 5.56. The first-order valence-electron chi connectivity index (χ1n) is 4.51. The Morgan fingerprint density at radius 3 is 1.62 bits per heavy atom. The van der Waals surface area contributed by atoms with Crippen LogP contribution in [0.4, 0.5) is 0 Å². The van der Waals surface area contributed by atoms with E-state index in [0.717, 1.165) is 0 Å². The highest BCUT2D eigenvalue weighted by atomic mass is 16.4. The van der Waals surface area contributed by atoms with Crippen molar-refractivity contribution in [3.63, 3.8) is 0 Å². The predicted octanol–water partition coefficient (Wildman–Crippen LogP) is -4.66. The van der Waals surface area contributed by atoms with Gasteiger partial charge in [-0.25, -0.2) is 0 Å². The van der Waals surface area contributed by atoms with E-state index in [4.69, 9.17) is 25.5 Å². The molecule has 7 N–H and O–H groups in total. The van der Waals surface area contributed by atoms with E-state index >= 15 is 0 Å². The Labute approximate surface area is 91.0 Å². The first-order valence-corrected chi connectivity index (χ1v) is 4.51. The maximum absolute atomic E-state index is 10.1. The average molecular weight is 240 g/mol. The molecule has 0 aliphatic rings. The van der Waals surface area contributed by atoms with Crippen LogP contribution in [0.1, 0.15) is 0 Å². The van der Waals surface area contributed by atoms with Crippen LogP contribution in [-0.2, 0) is 4.79 Å². The van der Waals surface area contributed by atoms with Crippen LogP contribution in [0.5, 0.6) is 0 Å². The molecule has 0 heterocycles. The van der Waals surface area contributed by atoms with Gasteiger partial charge in [0.05, 0.1) is 6.61 Å². The molecule has 6 atom stereocenters. The Kier molecular flexibility index (Phi) is 6.60. The normalized spacial score (nSPS) is 22.9. The van der Waals surface area contributed by atoms with Gasteiger partial charge in [-0.05, 0) is 0 Å². The molecule has 8 nitrogen and oxygen atoms in total. The first kappa shape index (κ1) is 15.4. The monoisotopic (exact) mass is 240 g/mol. The molecule has 96 valence electrons. The van der Waals surface area contributed by atoms with Crippen LogP contribution in [0.2, 0.25) is 0 Å². The minimum Gasteiger partial charge on any atom is -0.394 e. The van der Waals surface area contributed by atoms with Crippen LogP contribution in [0.15, 0.2) is 0 Å². The fraction of sp³-hybridized carbons (Fsp3) is 0.875. The van der Waals surface area contributed by atoms with Gasteiger partial charge in [0.25, 0.3) is 0 Å². The van der Waals surface area contributed by atoms with Crippen molar-refractivity contribution in [2.45, 2.75) is 36.6 Å². The van der Waals surface area contributed by atoms with Crippen LogP contribution < -0.4 is 0 Å². The van der Waals surface area contributed by atoms with Crippen molar-refractivity contribution in [1.29, 1.82) is 0 Å². The number of aldehydes is 1. The van der Waals surface area contributed by atoms with Crippen molar-refractivity contribution in [2.24, 2.45) is 0 Å². The van der Waals surface area contributed by atoms with Gasteiger partial charge < -0.3 is 40.5 Å². The Balaban J connectivity index is 4.47. The summed E-state index contributed by atoms with van der Waals surface area (Å²) in [5.41, 5.74) is 0. The molecule has 0 bridgehead atoms. The molecule has 0 radical (unpaired) electrons. The lowest BCUT2D eigenvalue weighted by atomic mass is 9.97.